The summed E-state index contributed by atoms with van der Waals surface area (Å²) in [5, 5.41) is 4.36. The number of carbonyl (C=O) groups is 1. The van der Waals surface area contributed by atoms with E-state index in [2.05, 4.69) is 21.0 Å². The quantitative estimate of drug-likeness (QED) is 0.785. The first-order valence-corrected chi connectivity index (χ1v) is 7.22. The summed E-state index contributed by atoms with van der Waals surface area (Å²) in [6.45, 7) is 2.95. The molecule has 1 aliphatic rings. The molecule has 1 aliphatic carbocycles. The fourth-order valence-corrected chi connectivity index (χ4v) is 2.91. The molecule has 0 aromatic carbocycles. The molecule has 1 heterocycles. The molecule has 0 bridgehead atoms. The second-order valence-electron chi connectivity index (χ2n) is 4.96. The highest BCUT2D eigenvalue weighted by Crippen LogP contribution is 2.33. The molecule has 0 spiro atoms. The largest absolute Gasteiger partial charge is 0.366 e. The zero-order chi connectivity index (χ0) is 13.0. The lowest BCUT2D eigenvalue weighted by atomic mass is 9.84. The second kappa shape index (κ2) is 5.97. The van der Waals surface area contributed by atoms with Crippen LogP contribution in [0.1, 0.15) is 37.8 Å². The average molecular weight is 315 g/mol. The van der Waals surface area contributed by atoms with Gasteiger partial charge < -0.3 is 9.53 Å². The van der Waals surface area contributed by atoms with E-state index in [-0.39, 0.29) is 12.2 Å². The van der Waals surface area contributed by atoms with Crippen molar-refractivity contribution in [3.05, 3.63) is 16.4 Å². The highest BCUT2D eigenvalue weighted by molar-refractivity contribution is 9.10. The molecular formula is C13H19BrN2O2. The van der Waals surface area contributed by atoms with Crippen molar-refractivity contribution < 1.29 is 9.53 Å². The highest BCUT2D eigenvalue weighted by Gasteiger charge is 2.34. The fourth-order valence-electron chi connectivity index (χ4n) is 2.61. The van der Waals surface area contributed by atoms with E-state index in [4.69, 9.17) is 4.74 Å². The third-order valence-corrected chi connectivity index (χ3v) is 4.48. The van der Waals surface area contributed by atoms with Crippen molar-refractivity contribution in [2.24, 2.45) is 0 Å². The van der Waals surface area contributed by atoms with E-state index in [1.807, 2.05) is 17.8 Å². The smallest absolute Gasteiger partial charge is 0.145 e. The molecule has 5 heteroatoms. The molecule has 0 unspecified atom stereocenters. The van der Waals surface area contributed by atoms with Gasteiger partial charge >= 0.3 is 0 Å². The van der Waals surface area contributed by atoms with Crippen LogP contribution in [0.3, 0.4) is 0 Å². The van der Waals surface area contributed by atoms with Crippen molar-refractivity contribution in [2.75, 3.05) is 6.61 Å². The molecule has 4 nitrogen and oxygen atoms in total. The maximum atomic E-state index is 10.6. The summed E-state index contributed by atoms with van der Waals surface area (Å²) >= 11 is 3.47. The van der Waals surface area contributed by atoms with Crippen LogP contribution in [-0.2, 0) is 16.1 Å². The summed E-state index contributed by atoms with van der Waals surface area (Å²) in [6, 6.07) is 0. The SMILES string of the molecule is Cc1c(Br)cnn1CC1(OCC=O)CCCCC1. The maximum Gasteiger partial charge on any atom is 0.145 e. The van der Waals surface area contributed by atoms with Gasteiger partial charge in [0.15, 0.2) is 0 Å². The summed E-state index contributed by atoms with van der Waals surface area (Å²) in [5.41, 5.74) is 0.893. The Kier molecular flexibility index (Phi) is 4.56. The lowest BCUT2D eigenvalue weighted by Crippen LogP contribution is -2.40. The van der Waals surface area contributed by atoms with Crippen LogP contribution in [0.25, 0.3) is 0 Å². The molecule has 1 aromatic heterocycles. The molecule has 100 valence electrons. The van der Waals surface area contributed by atoms with E-state index >= 15 is 0 Å². The van der Waals surface area contributed by atoms with E-state index in [0.29, 0.717) is 0 Å². The zero-order valence-electron chi connectivity index (χ0n) is 10.7. The van der Waals surface area contributed by atoms with Gasteiger partial charge in [-0.2, -0.15) is 5.10 Å². The predicted molar refractivity (Wildman–Crippen MR) is 72.5 cm³/mol. The number of hydrogen-bond acceptors (Lipinski definition) is 3. The number of ether oxygens (including phenoxy) is 1. The molecule has 0 N–H and O–H groups in total. The maximum absolute atomic E-state index is 10.6. The molecule has 0 amide bonds. The molecular weight excluding hydrogens is 296 g/mol. The fraction of sp³-hybridized carbons (Fsp3) is 0.692. The monoisotopic (exact) mass is 314 g/mol. The molecule has 1 fully saturated rings. The summed E-state index contributed by atoms with van der Waals surface area (Å²) in [4.78, 5) is 10.6. The molecule has 0 atom stereocenters. The van der Waals surface area contributed by atoms with E-state index in [1.54, 1.807) is 0 Å². The van der Waals surface area contributed by atoms with Crippen molar-refractivity contribution in [1.82, 2.24) is 9.78 Å². The van der Waals surface area contributed by atoms with Crippen LogP contribution in [0, 0.1) is 6.92 Å². The van der Waals surface area contributed by atoms with Gasteiger partial charge in [-0.25, -0.2) is 0 Å². The summed E-state index contributed by atoms with van der Waals surface area (Å²) in [7, 11) is 0. The molecule has 0 radical (unpaired) electrons. The summed E-state index contributed by atoms with van der Waals surface area (Å²) < 4.78 is 8.83. The number of nitrogens with zero attached hydrogens (tertiary/aromatic N) is 2. The van der Waals surface area contributed by atoms with E-state index < -0.39 is 0 Å². The van der Waals surface area contributed by atoms with Crippen LogP contribution in [0.4, 0.5) is 0 Å². The van der Waals surface area contributed by atoms with Crippen LogP contribution >= 0.6 is 15.9 Å². The van der Waals surface area contributed by atoms with Gasteiger partial charge in [0.05, 0.1) is 22.8 Å². The standard InChI is InChI=1S/C13H19BrN2O2/c1-11-12(14)9-15-16(11)10-13(18-8-7-17)5-3-2-4-6-13/h7,9H,2-6,8,10H2,1H3. The van der Waals surface area contributed by atoms with Crippen LogP contribution in [0.15, 0.2) is 10.7 Å². The average Bonchev–Trinajstić information content (AvgIpc) is 2.70. The number of aldehydes is 1. The normalized spacial score (nSPS) is 18.8. The van der Waals surface area contributed by atoms with Crippen LogP contribution in [-0.4, -0.2) is 28.3 Å². The summed E-state index contributed by atoms with van der Waals surface area (Å²) in [5.74, 6) is 0. The molecule has 0 aliphatic heterocycles. The second-order valence-corrected chi connectivity index (χ2v) is 5.81. The number of hydrogen-bond donors (Lipinski definition) is 0. The van der Waals surface area contributed by atoms with Crippen molar-refractivity contribution >= 4 is 22.2 Å². The Labute approximate surface area is 116 Å². The van der Waals surface area contributed by atoms with Gasteiger partial charge in [0.2, 0.25) is 0 Å². The van der Waals surface area contributed by atoms with Gasteiger partial charge in [-0.15, -0.1) is 0 Å². The van der Waals surface area contributed by atoms with Gasteiger partial charge in [0.1, 0.15) is 12.9 Å². The van der Waals surface area contributed by atoms with Crippen molar-refractivity contribution in [1.29, 1.82) is 0 Å². The van der Waals surface area contributed by atoms with E-state index in [0.717, 1.165) is 35.8 Å². The lowest BCUT2D eigenvalue weighted by molar-refractivity contribution is -0.125. The Bertz CT molecular complexity index is 411. The minimum Gasteiger partial charge on any atom is -0.366 e. The first kappa shape index (κ1) is 13.7. The van der Waals surface area contributed by atoms with Gasteiger partial charge in [-0.1, -0.05) is 19.3 Å². The minimum atomic E-state index is -0.213. The first-order chi connectivity index (χ1) is 8.67. The molecule has 2 rings (SSSR count). The van der Waals surface area contributed by atoms with Gasteiger partial charge in [0.25, 0.3) is 0 Å². The highest BCUT2D eigenvalue weighted by atomic mass is 79.9. The Hall–Kier alpha value is -0.680. The zero-order valence-corrected chi connectivity index (χ0v) is 12.3. The predicted octanol–water partition coefficient (Wildman–Crippen LogP) is 2.87. The first-order valence-electron chi connectivity index (χ1n) is 6.42. The third-order valence-electron chi connectivity index (χ3n) is 3.70. The van der Waals surface area contributed by atoms with Crippen molar-refractivity contribution in [3.63, 3.8) is 0 Å². The van der Waals surface area contributed by atoms with Crippen LogP contribution in [0.5, 0.6) is 0 Å². The molecule has 18 heavy (non-hydrogen) atoms. The van der Waals surface area contributed by atoms with E-state index in [1.165, 1.54) is 19.3 Å². The Balaban J connectivity index is 2.13. The summed E-state index contributed by atoms with van der Waals surface area (Å²) in [6.07, 6.45) is 8.26. The Morgan fingerprint density at radius 1 is 1.50 bits per heavy atom. The van der Waals surface area contributed by atoms with Gasteiger partial charge in [0, 0.05) is 5.69 Å². The van der Waals surface area contributed by atoms with Crippen LogP contribution in [0.2, 0.25) is 0 Å². The lowest BCUT2D eigenvalue weighted by Gasteiger charge is -2.37. The number of halogens is 1. The van der Waals surface area contributed by atoms with Crippen LogP contribution < -0.4 is 0 Å². The number of aromatic nitrogens is 2. The topological polar surface area (TPSA) is 44.1 Å². The molecule has 1 saturated carbocycles. The third kappa shape index (κ3) is 3.01. The molecule has 0 saturated heterocycles. The number of rotatable bonds is 5. The Morgan fingerprint density at radius 3 is 2.78 bits per heavy atom. The minimum absolute atomic E-state index is 0.182. The molecule has 1 aromatic rings. The van der Waals surface area contributed by atoms with Gasteiger partial charge in [-0.3, -0.25) is 4.68 Å². The Morgan fingerprint density at radius 2 is 2.22 bits per heavy atom. The van der Waals surface area contributed by atoms with Gasteiger partial charge in [-0.05, 0) is 35.7 Å². The van der Waals surface area contributed by atoms with Crippen molar-refractivity contribution in [2.45, 2.75) is 51.2 Å². The van der Waals surface area contributed by atoms with Crippen molar-refractivity contribution in [3.8, 4) is 0 Å². The number of carbonyl (C=O) groups excluding carboxylic acids is 1. The van der Waals surface area contributed by atoms with E-state index in [9.17, 15) is 4.79 Å².